The highest BCUT2D eigenvalue weighted by atomic mass is 32.2. The van der Waals surface area contributed by atoms with E-state index in [1.807, 2.05) is 64.4 Å². The lowest BCUT2D eigenvalue weighted by molar-refractivity contribution is -0.131. The number of anilines is 1. The number of aryl methyl sites for hydroxylation is 1. The molecule has 1 aromatic heterocycles. The SMILES string of the molecule is O=C(CCc1ccccc1)N1CCCN(C(=O)c2ccc(N[S+]([O-])c3cccc4cccnc34)cc2)CC1. The molecule has 1 saturated heterocycles. The predicted molar refractivity (Wildman–Crippen MR) is 150 cm³/mol. The van der Waals surface area contributed by atoms with Gasteiger partial charge in [0.25, 0.3) is 5.91 Å². The number of carbonyl (C=O) groups is 2. The summed E-state index contributed by atoms with van der Waals surface area (Å²) >= 11 is -1.50. The van der Waals surface area contributed by atoms with E-state index in [1.165, 1.54) is 0 Å². The fraction of sp³-hybridized carbons (Fsp3) is 0.233. The molecule has 1 fully saturated rings. The van der Waals surface area contributed by atoms with Crippen LogP contribution in [-0.2, 0) is 22.6 Å². The van der Waals surface area contributed by atoms with Gasteiger partial charge < -0.3 is 14.4 Å². The third kappa shape index (κ3) is 6.15. The molecule has 3 aromatic carbocycles. The zero-order valence-corrected chi connectivity index (χ0v) is 21.9. The Bertz CT molecular complexity index is 1390. The highest BCUT2D eigenvalue weighted by Gasteiger charge is 2.23. The van der Waals surface area contributed by atoms with Crippen LogP contribution in [0.1, 0.15) is 28.8 Å². The molecule has 1 atom stereocenters. The summed E-state index contributed by atoms with van der Waals surface area (Å²) in [4.78, 5) is 34.6. The summed E-state index contributed by atoms with van der Waals surface area (Å²) in [5.41, 5.74) is 3.07. The molecule has 1 aliphatic heterocycles. The van der Waals surface area contributed by atoms with Gasteiger partial charge in [-0.15, -0.1) is 0 Å². The molecule has 8 heteroatoms. The summed E-state index contributed by atoms with van der Waals surface area (Å²) < 4.78 is 16.0. The van der Waals surface area contributed by atoms with Crippen molar-refractivity contribution in [2.45, 2.75) is 24.2 Å². The van der Waals surface area contributed by atoms with E-state index in [4.69, 9.17) is 0 Å². The Hall–Kier alpha value is -3.88. The van der Waals surface area contributed by atoms with Crippen LogP contribution in [0.4, 0.5) is 5.69 Å². The van der Waals surface area contributed by atoms with Gasteiger partial charge in [0.2, 0.25) is 10.8 Å². The molecule has 0 aliphatic carbocycles. The topological polar surface area (TPSA) is 88.6 Å². The number of para-hydroxylation sites is 1. The van der Waals surface area contributed by atoms with E-state index in [-0.39, 0.29) is 11.8 Å². The van der Waals surface area contributed by atoms with Gasteiger partial charge in [-0.25, -0.2) is 4.72 Å². The highest BCUT2D eigenvalue weighted by molar-refractivity contribution is 7.93. The predicted octanol–water partition coefficient (Wildman–Crippen LogP) is 4.68. The van der Waals surface area contributed by atoms with Crippen molar-refractivity contribution in [3.8, 4) is 0 Å². The van der Waals surface area contributed by atoms with Gasteiger partial charge in [0.1, 0.15) is 16.9 Å². The van der Waals surface area contributed by atoms with Crippen molar-refractivity contribution in [3.05, 3.63) is 102 Å². The quantitative estimate of drug-likeness (QED) is 0.354. The lowest BCUT2D eigenvalue weighted by Crippen LogP contribution is -2.37. The number of nitrogens with zero attached hydrogens (tertiary/aromatic N) is 3. The summed E-state index contributed by atoms with van der Waals surface area (Å²) in [7, 11) is 0. The Morgan fingerprint density at radius 1 is 0.842 bits per heavy atom. The summed E-state index contributed by atoms with van der Waals surface area (Å²) in [6.07, 6.45) is 3.64. The van der Waals surface area contributed by atoms with Crippen LogP contribution in [0.3, 0.4) is 0 Å². The number of carbonyl (C=O) groups excluding carboxylic acids is 2. The summed E-state index contributed by atoms with van der Waals surface area (Å²) in [5, 5.41) is 0.926. The number of amides is 2. The van der Waals surface area contributed by atoms with Crippen LogP contribution in [0.15, 0.2) is 96.0 Å². The van der Waals surface area contributed by atoms with Crippen LogP contribution in [0.2, 0.25) is 0 Å². The van der Waals surface area contributed by atoms with Crippen LogP contribution in [0, 0.1) is 0 Å². The van der Waals surface area contributed by atoms with E-state index in [1.54, 1.807) is 36.5 Å². The molecular formula is C30H30N4O3S. The molecule has 0 bridgehead atoms. The van der Waals surface area contributed by atoms with Gasteiger partial charge >= 0.3 is 0 Å². The van der Waals surface area contributed by atoms with E-state index in [0.717, 1.165) is 23.8 Å². The molecule has 7 nitrogen and oxygen atoms in total. The number of hydrogen-bond donors (Lipinski definition) is 1. The van der Waals surface area contributed by atoms with E-state index in [9.17, 15) is 14.1 Å². The van der Waals surface area contributed by atoms with Gasteiger partial charge in [-0.2, -0.15) is 0 Å². The monoisotopic (exact) mass is 526 g/mol. The number of benzene rings is 3. The van der Waals surface area contributed by atoms with E-state index < -0.39 is 11.4 Å². The van der Waals surface area contributed by atoms with E-state index in [2.05, 4.69) is 9.71 Å². The van der Waals surface area contributed by atoms with Gasteiger partial charge in [0.15, 0.2) is 0 Å². The second kappa shape index (κ2) is 12.1. The first-order valence-electron chi connectivity index (χ1n) is 12.8. The summed E-state index contributed by atoms with van der Waals surface area (Å²) in [6.45, 7) is 2.32. The molecule has 0 spiro atoms. The largest absolute Gasteiger partial charge is 0.588 e. The Balaban J connectivity index is 1.16. The van der Waals surface area contributed by atoms with Crippen molar-refractivity contribution in [3.63, 3.8) is 0 Å². The maximum Gasteiger partial charge on any atom is 0.253 e. The van der Waals surface area contributed by atoms with Crippen molar-refractivity contribution in [2.75, 3.05) is 30.9 Å². The Morgan fingerprint density at radius 2 is 1.58 bits per heavy atom. The van der Waals surface area contributed by atoms with E-state index in [0.29, 0.717) is 54.3 Å². The lowest BCUT2D eigenvalue weighted by Gasteiger charge is -2.22. The van der Waals surface area contributed by atoms with Gasteiger partial charge in [0, 0.05) is 49.7 Å². The van der Waals surface area contributed by atoms with Crippen LogP contribution >= 0.6 is 0 Å². The number of pyridine rings is 1. The molecule has 2 amide bonds. The molecule has 0 saturated carbocycles. The zero-order valence-electron chi connectivity index (χ0n) is 21.1. The second-order valence-electron chi connectivity index (χ2n) is 9.29. The standard InChI is InChI=1S/C30H30N4O3S/c35-28(17-12-23-7-2-1-3-8-23)33-19-6-20-34(22-21-33)30(36)25-13-15-26(16-14-25)32-38(37)27-11-4-9-24-10-5-18-31-29(24)27/h1-5,7-11,13-16,18,32H,6,12,17,19-22H2. The fourth-order valence-electron chi connectivity index (χ4n) is 4.68. The first kappa shape index (κ1) is 25.8. The third-order valence-electron chi connectivity index (χ3n) is 6.74. The molecule has 38 heavy (non-hydrogen) atoms. The molecule has 0 radical (unpaired) electrons. The normalized spacial score (nSPS) is 14.7. The van der Waals surface area contributed by atoms with Crippen molar-refractivity contribution in [1.82, 2.24) is 14.8 Å². The zero-order chi connectivity index (χ0) is 26.3. The van der Waals surface area contributed by atoms with Crippen molar-refractivity contribution < 1.29 is 14.1 Å². The molecule has 1 unspecified atom stereocenters. The minimum absolute atomic E-state index is 0.0606. The van der Waals surface area contributed by atoms with E-state index >= 15 is 0 Å². The molecule has 1 aliphatic rings. The first-order valence-corrected chi connectivity index (χ1v) is 14.0. The maximum atomic E-state index is 13.2. The third-order valence-corrected chi connectivity index (χ3v) is 7.89. The minimum Gasteiger partial charge on any atom is -0.588 e. The number of fused-ring (bicyclic) bond motifs is 1. The smallest absolute Gasteiger partial charge is 0.253 e. The Labute approximate surface area is 225 Å². The average molecular weight is 527 g/mol. The number of hydrogen-bond acceptors (Lipinski definition) is 5. The van der Waals surface area contributed by atoms with Gasteiger partial charge in [-0.05, 0) is 54.8 Å². The Kier molecular flexibility index (Phi) is 8.21. The number of nitrogens with one attached hydrogen (secondary N) is 1. The summed E-state index contributed by atoms with van der Waals surface area (Å²) in [6, 6.07) is 26.4. The highest BCUT2D eigenvalue weighted by Crippen LogP contribution is 2.23. The van der Waals surface area contributed by atoms with Gasteiger partial charge in [0.05, 0.1) is 5.69 Å². The number of rotatable bonds is 7. The van der Waals surface area contributed by atoms with Crippen LogP contribution < -0.4 is 4.72 Å². The minimum atomic E-state index is -1.50. The van der Waals surface area contributed by atoms with Crippen molar-refractivity contribution in [1.29, 1.82) is 0 Å². The molecule has 194 valence electrons. The first-order chi connectivity index (χ1) is 18.6. The lowest BCUT2D eigenvalue weighted by atomic mass is 10.1. The molecular weight excluding hydrogens is 496 g/mol. The average Bonchev–Trinajstić information content (AvgIpc) is 3.23. The van der Waals surface area contributed by atoms with Crippen LogP contribution in [-0.4, -0.2) is 57.3 Å². The maximum absolute atomic E-state index is 13.2. The van der Waals surface area contributed by atoms with Crippen molar-refractivity contribution in [2.24, 2.45) is 0 Å². The summed E-state index contributed by atoms with van der Waals surface area (Å²) in [5.74, 6) is 0.0717. The molecule has 2 heterocycles. The number of aromatic nitrogens is 1. The van der Waals surface area contributed by atoms with Crippen molar-refractivity contribution >= 4 is 39.8 Å². The van der Waals surface area contributed by atoms with Gasteiger partial charge in [-0.1, -0.05) is 48.5 Å². The molecule has 4 aromatic rings. The Morgan fingerprint density at radius 3 is 2.39 bits per heavy atom. The van der Waals surface area contributed by atoms with Gasteiger partial charge in [-0.3, -0.25) is 14.6 Å². The fourth-order valence-corrected chi connectivity index (χ4v) is 5.68. The molecule has 1 N–H and O–H groups in total. The molecule has 5 rings (SSSR count). The van der Waals surface area contributed by atoms with Crippen LogP contribution in [0.25, 0.3) is 10.9 Å². The second-order valence-corrected chi connectivity index (χ2v) is 10.5. The van der Waals surface area contributed by atoms with Crippen LogP contribution in [0.5, 0.6) is 0 Å².